The van der Waals surface area contributed by atoms with Crippen LogP contribution in [-0.2, 0) is 21.3 Å². The van der Waals surface area contributed by atoms with Crippen molar-refractivity contribution in [2.24, 2.45) is 0 Å². The number of hydrogen-bond donors (Lipinski definition) is 2. The van der Waals surface area contributed by atoms with Crippen LogP contribution in [0.1, 0.15) is 19.8 Å². The molecule has 0 amide bonds. The summed E-state index contributed by atoms with van der Waals surface area (Å²) in [7, 11) is -1.77. The number of hydrogen-bond acceptors (Lipinski definition) is 5. The minimum atomic E-state index is -3.39. The second kappa shape index (κ2) is 6.55. The highest BCUT2D eigenvalue weighted by Crippen LogP contribution is 2.19. The maximum atomic E-state index is 12.1. The van der Waals surface area contributed by atoms with E-state index in [-0.39, 0.29) is 0 Å². The number of anilines is 1. The molecule has 1 aromatic heterocycles. The second-order valence-corrected chi connectivity index (χ2v) is 7.22. The smallest absolute Gasteiger partial charge is 0.236 e. The van der Waals surface area contributed by atoms with Gasteiger partial charge in [0, 0.05) is 25.9 Å². The summed E-state index contributed by atoms with van der Waals surface area (Å²) in [6.07, 6.45) is 5.46. The molecule has 8 heteroatoms. The minimum absolute atomic E-state index is 0.470. The van der Waals surface area contributed by atoms with Gasteiger partial charge >= 0.3 is 0 Å². The van der Waals surface area contributed by atoms with E-state index in [9.17, 15) is 8.42 Å². The lowest BCUT2D eigenvalue weighted by Crippen LogP contribution is -2.35. The van der Waals surface area contributed by atoms with Crippen molar-refractivity contribution in [2.45, 2.75) is 37.6 Å². The Bertz CT molecular complexity index is 525. The van der Waals surface area contributed by atoms with Crippen LogP contribution in [0.5, 0.6) is 0 Å². The Labute approximate surface area is 119 Å². The summed E-state index contributed by atoms with van der Waals surface area (Å²) in [5, 5.41) is 6.82. The summed E-state index contributed by atoms with van der Waals surface area (Å²) in [5.41, 5.74) is 0.486. The maximum Gasteiger partial charge on any atom is 0.236 e. The Hall–Kier alpha value is -1.12. The van der Waals surface area contributed by atoms with Crippen molar-refractivity contribution in [3.63, 3.8) is 0 Å². The lowest BCUT2D eigenvalue weighted by molar-refractivity contribution is 0.183. The van der Waals surface area contributed by atoms with E-state index >= 15 is 0 Å². The molecule has 1 unspecified atom stereocenters. The lowest BCUT2D eigenvalue weighted by Gasteiger charge is -2.14. The number of nitrogens with one attached hydrogen (secondary N) is 2. The van der Waals surface area contributed by atoms with Gasteiger partial charge in [-0.2, -0.15) is 5.10 Å². The molecule has 0 aromatic carbocycles. The molecule has 0 aliphatic heterocycles. The zero-order valence-electron chi connectivity index (χ0n) is 11.9. The molecule has 20 heavy (non-hydrogen) atoms. The van der Waals surface area contributed by atoms with Crippen molar-refractivity contribution in [2.75, 3.05) is 25.0 Å². The fourth-order valence-electron chi connectivity index (χ4n) is 1.72. The molecule has 1 aliphatic carbocycles. The van der Waals surface area contributed by atoms with E-state index in [1.807, 2.05) is 0 Å². The largest absolute Gasteiger partial charge is 0.383 e. The van der Waals surface area contributed by atoms with Gasteiger partial charge in [-0.3, -0.25) is 9.40 Å². The predicted octanol–water partition coefficient (Wildman–Crippen LogP) is 0.412. The summed E-state index contributed by atoms with van der Waals surface area (Å²) in [5.74, 6) is 0. The van der Waals surface area contributed by atoms with E-state index in [0.29, 0.717) is 31.4 Å². The second-order valence-electron chi connectivity index (χ2n) is 5.13. The molecular weight excluding hydrogens is 280 g/mol. The topological polar surface area (TPSA) is 85.2 Å². The van der Waals surface area contributed by atoms with Crippen LogP contribution in [0.25, 0.3) is 0 Å². The summed E-state index contributed by atoms with van der Waals surface area (Å²) in [6, 6.07) is 0.504. The molecule has 7 nitrogen and oxygen atoms in total. The van der Waals surface area contributed by atoms with Crippen molar-refractivity contribution in [3.05, 3.63) is 12.4 Å². The first-order chi connectivity index (χ1) is 9.51. The van der Waals surface area contributed by atoms with Gasteiger partial charge in [-0.25, -0.2) is 8.42 Å². The van der Waals surface area contributed by atoms with Gasteiger partial charge in [0.25, 0.3) is 0 Å². The third-order valence-electron chi connectivity index (χ3n) is 3.22. The van der Waals surface area contributed by atoms with Crippen LogP contribution in [0.4, 0.5) is 5.69 Å². The van der Waals surface area contributed by atoms with Gasteiger partial charge in [-0.1, -0.05) is 0 Å². The zero-order chi connectivity index (χ0) is 14.6. The minimum Gasteiger partial charge on any atom is -0.383 e. The quantitative estimate of drug-likeness (QED) is 0.690. The van der Waals surface area contributed by atoms with Gasteiger partial charge in [-0.05, 0) is 19.8 Å². The van der Waals surface area contributed by atoms with Crippen LogP contribution in [0.2, 0.25) is 0 Å². The average molecular weight is 302 g/mol. The molecule has 2 rings (SSSR count). The van der Waals surface area contributed by atoms with E-state index < -0.39 is 15.3 Å². The van der Waals surface area contributed by atoms with Crippen molar-refractivity contribution in [3.8, 4) is 0 Å². The Morgan fingerprint density at radius 1 is 1.55 bits per heavy atom. The maximum absolute atomic E-state index is 12.1. The molecule has 1 saturated carbocycles. The SMILES string of the molecule is COCCn1cc(NS(=O)(=O)C(C)CNC2CC2)cn1. The van der Waals surface area contributed by atoms with Gasteiger partial charge < -0.3 is 10.1 Å². The highest BCUT2D eigenvalue weighted by molar-refractivity contribution is 7.93. The molecule has 1 fully saturated rings. The first-order valence-corrected chi connectivity index (χ1v) is 8.32. The number of ether oxygens (including phenoxy) is 1. The van der Waals surface area contributed by atoms with E-state index in [2.05, 4.69) is 15.1 Å². The summed E-state index contributed by atoms with van der Waals surface area (Å²) in [6.45, 7) is 3.30. The van der Waals surface area contributed by atoms with Crippen LogP contribution >= 0.6 is 0 Å². The lowest BCUT2D eigenvalue weighted by atomic mass is 10.4. The summed E-state index contributed by atoms with van der Waals surface area (Å²) >= 11 is 0. The number of methoxy groups -OCH3 is 1. The fraction of sp³-hybridized carbons (Fsp3) is 0.750. The standard InChI is InChI=1S/C12H22N4O3S/c1-10(7-13-11-3-4-11)20(17,18)15-12-8-14-16(9-12)5-6-19-2/h8-11,13,15H,3-7H2,1-2H3. The zero-order valence-corrected chi connectivity index (χ0v) is 12.7. The van der Waals surface area contributed by atoms with Crippen LogP contribution in [0, 0.1) is 0 Å². The van der Waals surface area contributed by atoms with Crippen LogP contribution in [0.15, 0.2) is 12.4 Å². The molecule has 0 spiro atoms. The first-order valence-electron chi connectivity index (χ1n) is 6.77. The van der Waals surface area contributed by atoms with E-state index in [1.165, 1.54) is 6.20 Å². The van der Waals surface area contributed by atoms with E-state index in [0.717, 1.165) is 12.8 Å². The van der Waals surface area contributed by atoms with Crippen molar-refractivity contribution < 1.29 is 13.2 Å². The molecule has 1 aliphatic rings. The highest BCUT2D eigenvalue weighted by Gasteiger charge is 2.26. The van der Waals surface area contributed by atoms with Gasteiger partial charge in [-0.15, -0.1) is 0 Å². The normalized spacial score (nSPS) is 17.1. The molecule has 0 radical (unpaired) electrons. The molecule has 1 aromatic rings. The van der Waals surface area contributed by atoms with Crippen molar-refractivity contribution in [1.29, 1.82) is 0 Å². The molecular formula is C12H22N4O3S. The molecule has 0 saturated heterocycles. The fourth-order valence-corrected chi connectivity index (χ4v) is 2.67. The predicted molar refractivity (Wildman–Crippen MR) is 77.1 cm³/mol. The van der Waals surface area contributed by atoms with Gasteiger partial charge in [0.2, 0.25) is 10.0 Å². The first kappa shape index (κ1) is 15.3. The summed E-state index contributed by atoms with van der Waals surface area (Å²) in [4.78, 5) is 0. The number of sulfonamides is 1. The van der Waals surface area contributed by atoms with Crippen LogP contribution in [-0.4, -0.2) is 49.8 Å². The van der Waals surface area contributed by atoms with Crippen LogP contribution < -0.4 is 10.0 Å². The Morgan fingerprint density at radius 3 is 2.95 bits per heavy atom. The number of aromatic nitrogens is 2. The molecule has 1 heterocycles. The average Bonchev–Trinajstić information content (AvgIpc) is 3.13. The Balaban J connectivity index is 1.87. The van der Waals surface area contributed by atoms with Gasteiger partial charge in [0.15, 0.2) is 0 Å². The summed E-state index contributed by atoms with van der Waals surface area (Å²) < 4.78 is 33.4. The highest BCUT2D eigenvalue weighted by atomic mass is 32.2. The number of nitrogens with zero attached hydrogens (tertiary/aromatic N) is 2. The van der Waals surface area contributed by atoms with Crippen molar-refractivity contribution >= 4 is 15.7 Å². The monoisotopic (exact) mass is 302 g/mol. The molecule has 0 bridgehead atoms. The van der Waals surface area contributed by atoms with Gasteiger partial charge in [0.1, 0.15) is 0 Å². The molecule has 1 atom stereocenters. The van der Waals surface area contributed by atoms with Crippen LogP contribution in [0.3, 0.4) is 0 Å². The molecule has 114 valence electrons. The van der Waals surface area contributed by atoms with E-state index in [1.54, 1.807) is 24.9 Å². The Kier molecular flexibility index (Phi) is 5.00. The van der Waals surface area contributed by atoms with Crippen molar-refractivity contribution in [1.82, 2.24) is 15.1 Å². The van der Waals surface area contributed by atoms with E-state index in [4.69, 9.17) is 4.74 Å². The Morgan fingerprint density at radius 2 is 2.30 bits per heavy atom. The number of rotatable bonds is 9. The molecule has 2 N–H and O–H groups in total. The third-order valence-corrected chi connectivity index (χ3v) is 4.97. The third kappa shape index (κ3) is 4.46. The van der Waals surface area contributed by atoms with Gasteiger partial charge in [0.05, 0.1) is 30.3 Å².